The highest BCUT2D eigenvalue weighted by Gasteiger charge is 2.61. The Morgan fingerprint density at radius 3 is 2.25 bits per heavy atom. The second-order valence-corrected chi connectivity index (χ2v) is 9.56. The Morgan fingerprint density at radius 2 is 1.59 bits per heavy atom. The van der Waals surface area contributed by atoms with Gasteiger partial charge < -0.3 is 4.90 Å². The van der Waals surface area contributed by atoms with Crippen molar-refractivity contribution in [2.45, 2.75) is 38.1 Å². The number of nitrogens with zero attached hydrogens (tertiary/aromatic N) is 6. The zero-order valence-electron chi connectivity index (χ0n) is 17.8. The second-order valence-electron chi connectivity index (χ2n) is 9.56. The van der Waals surface area contributed by atoms with Crippen LogP contribution in [0.4, 0.5) is 0 Å². The molecule has 1 aromatic heterocycles. The Balaban J connectivity index is 1.06. The molecule has 0 spiro atoms. The lowest BCUT2D eigenvalue weighted by Gasteiger charge is -2.32. The van der Waals surface area contributed by atoms with Gasteiger partial charge >= 0.3 is 0 Å². The maximum Gasteiger partial charge on any atom is 0.242 e. The van der Waals surface area contributed by atoms with Crippen molar-refractivity contribution in [3.8, 4) is 11.4 Å². The lowest BCUT2D eigenvalue weighted by molar-refractivity contribution is -0.147. The van der Waals surface area contributed by atoms with E-state index in [1.165, 1.54) is 4.90 Å². The molecule has 9 heteroatoms. The molecule has 0 radical (unpaired) electrons. The van der Waals surface area contributed by atoms with E-state index in [4.69, 9.17) is 0 Å². The molecule has 2 bridgehead atoms. The first-order valence-corrected chi connectivity index (χ1v) is 11.6. The van der Waals surface area contributed by atoms with E-state index in [2.05, 4.69) is 15.4 Å². The number of fused-ring (bicyclic) bond motifs is 5. The number of imide groups is 1. The molecule has 3 heterocycles. The van der Waals surface area contributed by atoms with Crippen molar-refractivity contribution < 1.29 is 14.4 Å². The molecule has 2 aliphatic heterocycles. The summed E-state index contributed by atoms with van der Waals surface area (Å²) < 4.78 is 0. The Bertz CT molecular complexity index is 1030. The van der Waals surface area contributed by atoms with Gasteiger partial charge in [-0.3, -0.25) is 19.3 Å². The van der Waals surface area contributed by atoms with Gasteiger partial charge in [-0.05, 0) is 49.2 Å². The molecule has 4 aliphatic rings. The molecular formula is C23H26N6O3. The fourth-order valence-corrected chi connectivity index (χ4v) is 6.29. The largest absolute Gasteiger partial charge is 0.341 e. The molecule has 2 aliphatic carbocycles. The van der Waals surface area contributed by atoms with Gasteiger partial charge in [0, 0.05) is 18.7 Å². The number of likely N-dealkylation sites (tertiary alicyclic amines) is 2. The third-order valence-electron chi connectivity index (χ3n) is 7.92. The standard InChI is InChI=1S/C23H26N6O3/c30-18(13-28-22(31)19-15-6-7-16(12-15)20(19)23(28)32)27-10-8-17(9-11-27)29-25-21(24-26-29)14-4-2-1-3-5-14/h1-5,15-17,19-20H,6-13H2/t15-,16+,19-,20+. The molecule has 0 N–H and O–H groups in total. The first-order valence-electron chi connectivity index (χ1n) is 11.6. The molecule has 2 saturated heterocycles. The number of tetrazole rings is 1. The summed E-state index contributed by atoms with van der Waals surface area (Å²) in [5.41, 5.74) is 0.921. The van der Waals surface area contributed by atoms with Crippen LogP contribution in [-0.2, 0) is 14.4 Å². The van der Waals surface area contributed by atoms with Crippen molar-refractivity contribution in [3.05, 3.63) is 30.3 Å². The summed E-state index contributed by atoms with van der Waals surface area (Å²) >= 11 is 0. The van der Waals surface area contributed by atoms with Crippen LogP contribution in [0, 0.1) is 23.7 Å². The van der Waals surface area contributed by atoms with Crippen LogP contribution in [0.1, 0.15) is 38.1 Å². The normalized spacial score (nSPS) is 29.8. The fraction of sp³-hybridized carbons (Fsp3) is 0.565. The number of piperidine rings is 1. The van der Waals surface area contributed by atoms with Crippen LogP contribution in [0.2, 0.25) is 0 Å². The summed E-state index contributed by atoms with van der Waals surface area (Å²) in [5.74, 6) is 0.561. The number of carbonyl (C=O) groups excluding carboxylic acids is 3. The number of aromatic nitrogens is 4. The van der Waals surface area contributed by atoms with Crippen LogP contribution in [0.15, 0.2) is 30.3 Å². The summed E-state index contributed by atoms with van der Waals surface area (Å²) in [6, 6.07) is 9.79. The SMILES string of the molecule is O=C(CN1C(=O)[C@@H]2[C@@H]3CC[C@@H](C3)[C@@H]2C1=O)N1CCC(n2nnc(-c3ccccc3)n2)CC1. The highest BCUT2D eigenvalue weighted by molar-refractivity contribution is 6.08. The molecule has 4 fully saturated rings. The van der Waals surface area contributed by atoms with Gasteiger partial charge in [-0.25, -0.2) is 0 Å². The number of hydrogen-bond donors (Lipinski definition) is 0. The third-order valence-corrected chi connectivity index (χ3v) is 7.92. The van der Waals surface area contributed by atoms with Gasteiger partial charge in [0.15, 0.2) is 0 Å². The van der Waals surface area contributed by atoms with Gasteiger partial charge in [0.1, 0.15) is 6.54 Å². The topological polar surface area (TPSA) is 101 Å². The van der Waals surface area contributed by atoms with Gasteiger partial charge in [0.25, 0.3) is 0 Å². The average molecular weight is 435 g/mol. The second kappa shape index (κ2) is 7.50. The molecule has 6 rings (SSSR count). The van der Waals surface area contributed by atoms with Crippen molar-refractivity contribution >= 4 is 17.7 Å². The van der Waals surface area contributed by atoms with Crippen molar-refractivity contribution in [2.75, 3.05) is 19.6 Å². The van der Waals surface area contributed by atoms with Crippen LogP contribution < -0.4 is 0 Å². The lowest BCUT2D eigenvalue weighted by Crippen LogP contribution is -2.46. The third kappa shape index (κ3) is 3.05. The average Bonchev–Trinajstić information content (AvgIpc) is 3.61. The molecule has 3 amide bonds. The van der Waals surface area contributed by atoms with E-state index in [0.29, 0.717) is 43.6 Å². The minimum Gasteiger partial charge on any atom is -0.341 e. The fourth-order valence-electron chi connectivity index (χ4n) is 6.29. The number of rotatable bonds is 4. The van der Waals surface area contributed by atoms with Gasteiger partial charge in [0.2, 0.25) is 23.5 Å². The lowest BCUT2D eigenvalue weighted by atomic mass is 9.81. The monoisotopic (exact) mass is 434 g/mol. The molecule has 4 atom stereocenters. The summed E-state index contributed by atoms with van der Waals surface area (Å²) in [6.07, 6.45) is 4.52. The predicted molar refractivity (Wildman–Crippen MR) is 113 cm³/mol. The van der Waals surface area contributed by atoms with Crippen LogP contribution in [0.5, 0.6) is 0 Å². The molecule has 0 unspecified atom stereocenters. The molecule has 2 saturated carbocycles. The van der Waals surface area contributed by atoms with Gasteiger partial charge in [-0.2, -0.15) is 4.80 Å². The van der Waals surface area contributed by atoms with E-state index < -0.39 is 0 Å². The highest BCUT2D eigenvalue weighted by Crippen LogP contribution is 2.56. The maximum absolute atomic E-state index is 12.9. The van der Waals surface area contributed by atoms with Crippen LogP contribution in [-0.4, -0.2) is 67.4 Å². The number of amides is 3. The summed E-state index contributed by atoms with van der Waals surface area (Å²) in [5, 5.41) is 12.9. The van der Waals surface area contributed by atoms with Crippen LogP contribution in [0.3, 0.4) is 0 Å². The molecule has 1 aromatic carbocycles. The van der Waals surface area contributed by atoms with E-state index in [-0.39, 0.29) is 42.1 Å². The first kappa shape index (κ1) is 19.6. The van der Waals surface area contributed by atoms with E-state index in [1.807, 2.05) is 30.3 Å². The highest BCUT2D eigenvalue weighted by atomic mass is 16.2. The van der Waals surface area contributed by atoms with Crippen molar-refractivity contribution in [3.63, 3.8) is 0 Å². The van der Waals surface area contributed by atoms with Crippen molar-refractivity contribution in [1.29, 1.82) is 0 Å². The number of carbonyl (C=O) groups is 3. The minimum absolute atomic E-state index is 0.0778. The predicted octanol–water partition coefficient (Wildman–Crippen LogP) is 1.53. The van der Waals surface area contributed by atoms with Gasteiger partial charge in [0.05, 0.1) is 17.9 Å². The molecule has 32 heavy (non-hydrogen) atoms. The zero-order valence-corrected chi connectivity index (χ0v) is 17.8. The number of benzene rings is 1. The maximum atomic E-state index is 12.9. The Morgan fingerprint density at radius 1 is 0.938 bits per heavy atom. The smallest absolute Gasteiger partial charge is 0.242 e. The molecule has 9 nitrogen and oxygen atoms in total. The van der Waals surface area contributed by atoms with Crippen LogP contribution in [0.25, 0.3) is 11.4 Å². The summed E-state index contributed by atoms with van der Waals surface area (Å²) in [7, 11) is 0. The molecular weight excluding hydrogens is 408 g/mol. The van der Waals surface area contributed by atoms with Crippen molar-refractivity contribution in [1.82, 2.24) is 30.0 Å². The van der Waals surface area contributed by atoms with E-state index >= 15 is 0 Å². The van der Waals surface area contributed by atoms with E-state index in [9.17, 15) is 14.4 Å². The minimum atomic E-state index is -0.169. The Hall–Kier alpha value is -3.10. The quantitative estimate of drug-likeness (QED) is 0.677. The summed E-state index contributed by atoms with van der Waals surface area (Å²) in [4.78, 5) is 43.3. The van der Waals surface area contributed by atoms with Crippen LogP contribution >= 0.6 is 0 Å². The van der Waals surface area contributed by atoms with E-state index in [0.717, 1.165) is 24.8 Å². The molecule has 2 aromatic rings. The van der Waals surface area contributed by atoms with Gasteiger partial charge in [-0.15, -0.1) is 10.2 Å². The van der Waals surface area contributed by atoms with Gasteiger partial charge in [-0.1, -0.05) is 30.3 Å². The summed E-state index contributed by atoms with van der Waals surface area (Å²) in [6.45, 7) is 0.995. The molecule has 166 valence electrons. The Labute approximate surface area is 185 Å². The van der Waals surface area contributed by atoms with E-state index in [1.54, 1.807) is 9.70 Å². The Kier molecular flexibility index (Phi) is 4.58. The van der Waals surface area contributed by atoms with Crippen molar-refractivity contribution in [2.24, 2.45) is 23.7 Å². The first-order chi connectivity index (χ1) is 15.6. The number of hydrogen-bond acceptors (Lipinski definition) is 6. The zero-order chi connectivity index (χ0) is 21.8.